The second-order valence-corrected chi connectivity index (χ2v) is 11.0. The van der Waals surface area contributed by atoms with Crippen molar-refractivity contribution in [2.24, 2.45) is 9.98 Å². The molecule has 3 aromatic rings. The van der Waals surface area contributed by atoms with Gasteiger partial charge in [-0.25, -0.2) is 0 Å². The molecule has 2 N–H and O–H groups in total. The van der Waals surface area contributed by atoms with E-state index in [1.807, 2.05) is 62.4 Å². The number of benzene rings is 3. The molecule has 0 saturated carbocycles. The summed E-state index contributed by atoms with van der Waals surface area (Å²) in [7, 11) is 0. The SMILES string of the molecule is Cc1cc(C(C)(C)C)cc(C=Nc2ccccc2N=Cc2cc(C(C)(C)C)cc(C)c2O)c1O. The number of aromatic hydroxyl groups is 2. The maximum absolute atomic E-state index is 10.6. The van der Waals surface area contributed by atoms with Crippen molar-refractivity contribution < 1.29 is 10.2 Å². The minimum Gasteiger partial charge on any atom is -0.507 e. The lowest BCUT2D eigenvalue weighted by Crippen LogP contribution is -2.12. The Labute approximate surface area is 203 Å². The van der Waals surface area contributed by atoms with E-state index in [1.165, 1.54) is 0 Å². The highest BCUT2D eigenvalue weighted by atomic mass is 16.3. The molecule has 0 bridgehead atoms. The third kappa shape index (κ3) is 5.74. The lowest BCUT2D eigenvalue weighted by molar-refractivity contribution is 0.468. The summed E-state index contributed by atoms with van der Waals surface area (Å²) in [5.41, 5.74) is 6.57. The van der Waals surface area contributed by atoms with Crippen molar-refractivity contribution in [3.8, 4) is 11.5 Å². The molecular formula is C30H36N2O2. The smallest absolute Gasteiger partial charge is 0.127 e. The van der Waals surface area contributed by atoms with E-state index in [1.54, 1.807) is 12.4 Å². The molecule has 3 rings (SSSR count). The highest BCUT2D eigenvalue weighted by Crippen LogP contribution is 2.33. The molecule has 0 radical (unpaired) electrons. The number of rotatable bonds is 4. The van der Waals surface area contributed by atoms with Gasteiger partial charge in [-0.15, -0.1) is 0 Å². The minimum absolute atomic E-state index is 0.0367. The molecule has 0 aliphatic heterocycles. The van der Waals surface area contributed by atoms with Crippen LogP contribution < -0.4 is 0 Å². The van der Waals surface area contributed by atoms with E-state index in [0.717, 1.165) is 22.3 Å². The van der Waals surface area contributed by atoms with Crippen LogP contribution in [0.1, 0.15) is 74.9 Å². The number of phenols is 2. The van der Waals surface area contributed by atoms with E-state index in [4.69, 9.17) is 0 Å². The van der Waals surface area contributed by atoms with Crippen LogP contribution in [-0.2, 0) is 10.8 Å². The molecule has 178 valence electrons. The lowest BCUT2D eigenvalue weighted by atomic mass is 9.85. The van der Waals surface area contributed by atoms with Gasteiger partial charge in [-0.1, -0.05) is 65.8 Å². The molecule has 3 aromatic carbocycles. The fourth-order valence-electron chi connectivity index (χ4n) is 3.64. The molecule has 0 heterocycles. The van der Waals surface area contributed by atoms with Crippen LogP contribution in [-0.4, -0.2) is 22.6 Å². The van der Waals surface area contributed by atoms with Gasteiger partial charge < -0.3 is 10.2 Å². The number of hydrogen-bond acceptors (Lipinski definition) is 4. The summed E-state index contributed by atoms with van der Waals surface area (Å²) >= 11 is 0. The zero-order chi connectivity index (χ0) is 25.3. The largest absolute Gasteiger partial charge is 0.507 e. The predicted octanol–water partition coefficient (Wildman–Crippen LogP) is 7.81. The summed E-state index contributed by atoms with van der Waals surface area (Å²) in [6.07, 6.45) is 3.38. The number of aryl methyl sites for hydroxylation is 2. The van der Waals surface area contributed by atoms with Crippen LogP contribution in [0.3, 0.4) is 0 Å². The van der Waals surface area contributed by atoms with E-state index in [2.05, 4.69) is 51.5 Å². The summed E-state index contributed by atoms with van der Waals surface area (Å²) in [6.45, 7) is 16.7. The molecule has 0 unspecified atom stereocenters. The summed E-state index contributed by atoms with van der Waals surface area (Å²) in [4.78, 5) is 9.30. The first-order valence-corrected chi connectivity index (χ1v) is 11.6. The van der Waals surface area contributed by atoms with Gasteiger partial charge in [0.1, 0.15) is 11.5 Å². The van der Waals surface area contributed by atoms with Crippen molar-refractivity contribution in [3.63, 3.8) is 0 Å². The Morgan fingerprint density at radius 1 is 0.618 bits per heavy atom. The molecule has 0 fully saturated rings. The van der Waals surface area contributed by atoms with Crippen LogP contribution in [0.5, 0.6) is 11.5 Å². The number of para-hydroxylation sites is 2. The van der Waals surface area contributed by atoms with Gasteiger partial charge in [0.25, 0.3) is 0 Å². The lowest BCUT2D eigenvalue weighted by Gasteiger charge is -2.21. The summed E-state index contributed by atoms with van der Waals surface area (Å²) in [6, 6.07) is 15.6. The van der Waals surface area contributed by atoms with Gasteiger partial charge in [-0.3, -0.25) is 9.98 Å². The first kappa shape index (κ1) is 25.2. The maximum atomic E-state index is 10.6. The van der Waals surface area contributed by atoms with E-state index >= 15 is 0 Å². The van der Waals surface area contributed by atoms with Crippen LogP contribution in [0.15, 0.2) is 58.5 Å². The van der Waals surface area contributed by atoms with E-state index < -0.39 is 0 Å². The highest BCUT2D eigenvalue weighted by Gasteiger charge is 2.18. The molecule has 0 saturated heterocycles. The Morgan fingerprint density at radius 3 is 1.29 bits per heavy atom. The Morgan fingerprint density at radius 2 is 0.971 bits per heavy atom. The van der Waals surface area contributed by atoms with Crippen LogP contribution >= 0.6 is 0 Å². The minimum atomic E-state index is -0.0367. The highest BCUT2D eigenvalue weighted by molar-refractivity contribution is 5.90. The van der Waals surface area contributed by atoms with Crippen molar-refractivity contribution in [2.75, 3.05) is 0 Å². The number of aliphatic imine (C=N–C) groups is 2. The fourth-order valence-corrected chi connectivity index (χ4v) is 3.64. The normalized spacial score (nSPS) is 12.7. The fraction of sp³-hybridized carbons (Fsp3) is 0.333. The van der Waals surface area contributed by atoms with Crippen LogP contribution in [0.2, 0.25) is 0 Å². The molecule has 0 spiro atoms. The molecular weight excluding hydrogens is 420 g/mol. The topological polar surface area (TPSA) is 65.2 Å². The zero-order valence-electron chi connectivity index (χ0n) is 21.6. The Bertz CT molecular complexity index is 1160. The summed E-state index contributed by atoms with van der Waals surface area (Å²) in [5, 5.41) is 21.2. The third-order valence-electron chi connectivity index (χ3n) is 5.96. The molecule has 0 atom stereocenters. The van der Waals surface area contributed by atoms with Crippen LogP contribution in [0.4, 0.5) is 11.4 Å². The third-order valence-corrected chi connectivity index (χ3v) is 5.96. The molecule has 0 aliphatic carbocycles. The molecule has 4 heteroatoms. The van der Waals surface area contributed by atoms with Gasteiger partial charge in [0.05, 0.1) is 11.4 Å². The molecule has 34 heavy (non-hydrogen) atoms. The Balaban J connectivity index is 1.99. The van der Waals surface area contributed by atoms with Crippen molar-refractivity contribution in [1.82, 2.24) is 0 Å². The van der Waals surface area contributed by atoms with E-state index in [0.29, 0.717) is 22.5 Å². The zero-order valence-corrected chi connectivity index (χ0v) is 21.6. The van der Waals surface area contributed by atoms with Crippen LogP contribution in [0, 0.1) is 13.8 Å². The summed E-state index contributed by atoms with van der Waals surface area (Å²) in [5.74, 6) is 0.467. The van der Waals surface area contributed by atoms with Crippen molar-refractivity contribution in [1.29, 1.82) is 0 Å². The standard InChI is InChI=1S/C30H36N2O2/c1-19-13-23(29(3,4)5)15-21(27(19)33)17-31-25-11-9-10-12-26(25)32-18-22-16-24(30(6,7)8)14-20(2)28(22)34/h9-18,33-34H,1-8H3. The number of phenolic OH excluding ortho intramolecular Hbond substituents is 2. The molecule has 0 aromatic heterocycles. The number of hydrogen-bond donors (Lipinski definition) is 2. The Kier molecular flexibility index (Phi) is 7.02. The van der Waals surface area contributed by atoms with Gasteiger partial charge in [-0.05, 0) is 71.2 Å². The maximum Gasteiger partial charge on any atom is 0.127 e. The van der Waals surface area contributed by atoms with Gasteiger partial charge in [-0.2, -0.15) is 0 Å². The van der Waals surface area contributed by atoms with Crippen molar-refractivity contribution in [3.05, 3.63) is 81.9 Å². The van der Waals surface area contributed by atoms with Gasteiger partial charge in [0.15, 0.2) is 0 Å². The quantitative estimate of drug-likeness (QED) is 0.393. The van der Waals surface area contributed by atoms with Crippen molar-refractivity contribution >= 4 is 23.8 Å². The van der Waals surface area contributed by atoms with Crippen molar-refractivity contribution in [2.45, 2.75) is 66.2 Å². The van der Waals surface area contributed by atoms with Gasteiger partial charge in [0.2, 0.25) is 0 Å². The molecule has 0 aliphatic rings. The van der Waals surface area contributed by atoms with Gasteiger partial charge >= 0.3 is 0 Å². The van der Waals surface area contributed by atoms with Crippen LogP contribution in [0.25, 0.3) is 0 Å². The monoisotopic (exact) mass is 456 g/mol. The first-order chi connectivity index (χ1) is 15.8. The second-order valence-electron chi connectivity index (χ2n) is 11.0. The van der Waals surface area contributed by atoms with Gasteiger partial charge in [0, 0.05) is 23.6 Å². The molecule has 0 amide bonds. The predicted molar refractivity (Wildman–Crippen MR) is 144 cm³/mol. The first-order valence-electron chi connectivity index (χ1n) is 11.6. The average Bonchev–Trinajstić information content (AvgIpc) is 2.74. The molecule has 4 nitrogen and oxygen atoms in total. The number of nitrogens with zero attached hydrogens (tertiary/aromatic N) is 2. The van der Waals surface area contributed by atoms with E-state index in [-0.39, 0.29) is 22.3 Å². The average molecular weight is 457 g/mol. The summed E-state index contributed by atoms with van der Waals surface area (Å²) < 4.78 is 0. The van der Waals surface area contributed by atoms with E-state index in [9.17, 15) is 10.2 Å². The second kappa shape index (κ2) is 9.46. The Hall–Kier alpha value is -3.40.